The number of hydrogen-bond donors (Lipinski definition) is 1. The summed E-state index contributed by atoms with van der Waals surface area (Å²) in [6.45, 7) is 1.92. The number of nitrogens with one attached hydrogen (secondary N) is 1. The summed E-state index contributed by atoms with van der Waals surface area (Å²) in [6.07, 6.45) is 0. The van der Waals surface area contributed by atoms with Gasteiger partial charge in [0.25, 0.3) is 0 Å². The Morgan fingerprint density at radius 3 is 2.36 bits per heavy atom. The van der Waals surface area contributed by atoms with Gasteiger partial charge in [-0.15, -0.1) is 0 Å². The smallest absolute Gasteiger partial charge is 0.239 e. The largest absolute Gasteiger partial charge is 0.325 e. The zero-order valence-electron chi connectivity index (χ0n) is 7.71. The van der Waals surface area contributed by atoms with Crippen molar-refractivity contribution in [3.63, 3.8) is 0 Å². The topological polar surface area (TPSA) is 29.1 Å². The van der Waals surface area contributed by atoms with E-state index in [-0.39, 0.29) is 15.6 Å². The molecule has 0 saturated carbocycles. The number of carbonyl (C=O) groups is 1. The van der Waals surface area contributed by atoms with E-state index in [4.69, 9.17) is 0 Å². The van der Waals surface area contributed by atoms with Gasteiger partial charge in [0.05, 0.1) is 0 Å². The summed E-state index contributed by atoms with van der Waals surface area (Å²) in [7, 11) is 0. The van der Waals surface area contributed by atoms with Crippen LogP contribution < -0.4 is 5.32 Å². The summed E-state index contributed by atoms with van der Waals surface area (Å²) in [5.41, 5.74) is 0.815. The van der Waals surface area contributed by atoms with Gasteiger partial charge in [-0.1, -0.05) is 57.0 Å². The van der Waals surface area contributed by atoms with E-state index in [2.05, 4.69) is 37.2 Å². The fourth-order valence-corrected chi connectivity index (χ4v) is 1.30. The van der Waals surface area contributed by atoms with Crippen molar-refractivity contribution in [1.29, 1.82) is 0 Å². The third-order valence-corrected chi connectivity index (χ3v) is 4.14. The molecular formula is C10H11Br2NO. The minimum Gasteiger partial charge on any atom is -0.325 e. The lowest BCUT2D eigenvalue weighted by Crippen LogP contribution is -2.28. The molecule has 1 aromatic carbocycles. The summed E-state index contributed by atoms with van der Waals surface area (Å²) >= 11 is 6.65. The Labute approximate surface area is 100 Å². The predicted molar refractivity (Wildman–Crippen MR) is 66.2 cm³/mol. The molecule has 0 bridgehead atoms. The van der Waals surface area contributed by atoms with E-state index in [0.29, 0.717) is 0 Å². The summed E-state index contributed by atoms with van der Waals surface area (Å²) in [6, 6.07) is 9.40. The standard InChI is InChI=1S/C10H11Br2NO/c1-7(11)9(12)10(14)13-8-5-3-2-4-6-8/h2-7,9H,1H3,(H,13,14). The van der Waals surface area contributed by atoms with Gasteiger partial charge in [0.15, 0.2) is 0 Å². The number of halogens is 2. The number of anilines is 1. The molecule has 0 saturated heterocycles. The van der Waals surface area contributed by atoms with Gasteiger partial charge in [-0.3, -0.25) is 4.79 Å². The maximum Gasteiger partial charge on any atom is 0.239 e. The molecule has 0 spiro atoms. The van der Waals surface area contributed by atoms with E-state index < -0.39 is 0 Å². The zero-order valence-corrected chi connectivity index (χ0v) is 10.9. The normalized spacial score (nSPS) is 14.5. The van der Waals surface area contributed by atoms with Crippen molar-refractivity contribution in [2.75, 3.05) is 5.32 Å². The second-order valence-corrected chi connectivity index (χ2v) is 5.37. The van der Waals surface area contributed by atoms with Gasteiger partial charge in [0.1, 0.15) is 4.83 Å². The van der Waals surface area contributed by atoms with Crippen LogP contribution in [0.5, 0.6) is 0 Å². The average molecular weight is 321 g/mol. The molecule has 0 aliphatic rings. The SMILES string of the molecule is CC(Br)C(Br)C(=O)Nc1ccccc1. The summed E-state index contributed by atoms with van der Waals surface area (Å²) in [5, 5.41) is 2.81. The molecule has 1 amide bonds. The molecule has 4 heteroatoms. The van der Waals surface area contributed by atoms with E-state index in [1.165, 1.54) is 0 Å². The Kier molecular flexibility index (Phi) is 4.62. The minimum atomic E-state index is -0.220. The van der Waals surface area contributed by atoms with Crippen molar-refractivity contribution < 1.29 is 4.79 Å². The van der Waals surface area contributed by atoms with Gasteiger partial charge in [0, 0.05) is 10.5 Å². The first-order valence-corrected chi connectivity index (χ1v) is 6.08. The maximum absolute atomic E-state index is 11.6. The molecule has 2 atom stereocenters. The molecule has 0 aliphatic heterocycles. The van der Waals surface area contributed by atoms with E-state index in [1.54, 1.807) is 0 Å². The number of benzene rings is 1. The average Bonchev–Trinajstić information content (AvgIpc) is 2.18. The van der Waals surface area contributed by atoms with Crippen LogP contribution in [-0.4, -0.2) is 15.6 Å². The maximum atomic E-state index is 11.6. The van der Waals surface area contributed by atoms with Crippen LogP contribution in [0.2, 0.25) is 0 Å². The molecule has 0 aromatic heterocycles. The number of alkyl halides is 2. The predicted octanol–water partition coefficient (Wildman–Crippen LogP) is 3.17. The van der Waals surface area contributed by atoms with Crippen molar-refractivity contribution in [3.05, 3.63) is 30.3 Å². The molecule has 1 N–H and O–H groups in total. The monoisotopic (exact) mass is 319 g/mol. The van der Waals surface area contributed by atoms with E-state index in [9.17, 15) is 4.79 Å². The molecule has 0 aliphatic carbocycles. The lowest BCUT2D eigenvalue weighted by molar-refractivity contribution is -0.115. The molecule has 1 rings (SSSR count). The first-order chi connectivity index (χ1) is 6.61. The van der Waals surface area contributed by atoms with Gasteiger partial charge < -0.3 is 5.32 Å². The molecule has 0 heterocycles. The third kappa shape index (κ3) is 3.42. The summed E-state index contributed by atoms with van der Waals surface area (Å²) in [4.78, 5) is 11.4. The number of amides is 1. The Hall–Kier alpha value is -0.350. The fourth-order valence-electron chi connectivity index (χ4n) is 0.941. The third-order valence-electron chi connectivity index (χ3n) is 1.70. The van der Waals surface area contributed by atoms with Gasteiger partial charge in [-0.25, -0.2) is 0 Å². The van der Waals surface area contributed by atoms with Crippen LogP contribution in [0.15, 0.2) is 30.3 Å². The first kappa shape index (κ1) is 11.7. The van der Waals surface area contributed by atoms with Crippen LogP contribution in [0.4, 0.5) is 5.69 Å². The quantitative estimate of drug-likeness (QED) is 0.852. The van der Waals surface area contributed by atoms with Crippen LogP contribution in [0, 0.1) is 0 Å². The summed E-state index contributed by atoms with van der Waals surface area (Å²) < 4.78 is 0. The Bertz CT molecular complexity index is 300. The highest BCUT2D eigenvalue weighted by atomic mass is 79.9. The molecular weight excluding hydrogens is 310 g/mol. The molecule has 0 radical (unpaired) electrons. The van der Waals surface area contributed by atoms with Crippen molar-refractivity contribution in [3.8, 4) is 0 Å². The van der Waals surface area contributed by atoms with E-state index in [0.717, 1.165) is 5.69 Å². The number of hydrogen-bond acceptors (Lipinski definition) is 1. The Morgan fingerprint density at radius 2 is 1.86 bits per heavy atom. The highest BCUT2D eigenvalue weighted by Gasteiger charge is 2.19. The summed E-state index contributed by atoms with van der Waals surface area (Å²) in [5.74, 6) is -0.0411. The second kappa shape index (κ2) is 5.51. The fraction of sp³-hybridized carbons (Fsp3) is 0.300. The second-order valence-electron chi connectivity index (χ2n) is 2.93. The van der Waals surface area contributed by atoms with Gasteiger partial charge in [-0.05, 0) is 12.1 Å². The van der Waals surface area contributed by atoms with Gasteiger partial charge in [0.2, 0.25) is 5.91 Å². The van der Waals surface area contributed by atoms with Gasteiger partial charge >= 0.3 is 0 Å². The van der Waals surface area contributed by atoms with Gasteiger partial charge in [-0.2, -0.15) is 0 Å². The van der Waals surface area contributed by atoms with Crippen LogP contribution >= 0.6 is 31.9 Å². The number of para-hydroxylation sites is 1. The molecule has 2 nitrogen and oxygen atoms in total. The molecule has 2 unspecified atom stereocenters. The van der Waals surface area contributed by atoms with Crippen LogP contribution in [0.3, 0.4) is 0 Å². The lowest BCUT2D eigenvalue weighted by atomic mass is 10.3. The molecule has 1 aromatic rings. The highest BCUT2D eigenvalue weighted by molar-refractivity contribution is 9.12. The Morgan fingerprint density at radius 1 is 1.29 bits per heavy atom. The van der Waals surface area contributed by atoms with E-state index in [1.807, 2.05) is 37.3 Å². The number of carbonyl (C=O) groups excluding carboxylic acids is 1. The first-order valence-electron chi connectivity index (χ1n) is 4.25. The van der Waals surface area contributed by atoms with Crippen molar-refractivity contribution in [1.82, 2.24) is 0 Å². The van der Waals surface area contributed by atoms with Crippen LogP contribution in [-0.2, 0) is 4.79 Å². The minimum absolute atomic E-state index is 0.0411. The zero-order chi connectivity index (χ0) is 10.6. The molecule has 14 heavy (non-hydrogen) atoms. The Balaban J connectivity index is 2.58. The number of rotatable bonds is 3. The molecule has 0 fully saturated rings. The highest BCUT2D eigenvalue weighted by Crippen LogP contribution is 2.16. The lowest BCUT2D eigenvalue weighted by Gasteiger charge is -2.12. The van der Waals surface area contributed by atoms with Crippen molar-refractivity contribution >= 4 is 43.5 Å². The molecule has 76 valence electrons. The van der Waals surface area contributed by atoms with Crippen molar-refractivity contribution in [2.45, 2.75) is 16.6 Å². The van der Waals surface area contributed by atoms with Crippen LogP contribution in [0.1, 0.15) is 6.92 Å². The van der Waals surface area contributed by atoms with Crippen LogP contribution in [0.25, 0.3) is 0 Å². The van der Waals surface area contributed by atoms with Crippen molar-refractivity contribution in [2.24, 2.45) is 0 Å². The van der Waals surface area contributed by atoms with E-state index >= 15 is 0 Å².